The molecule has 7 nitrogen and oxygen atoms in total. The quantitative estimate of drug-likeness (QED) is 0.617. The fraction of sp³-hybridized carbons (Fsp3) is 0.480. The summed E-state index contributed by atoms with van der Waals surface area (Å²) in [6, 6.07) is 13.1. The smallest absolute Gasteiger partial charge is 0.241 e. The first-order valence-electron chi connectivity index (χ1n) is 11.3. The van der Waals surface area contributed by atoms with Crippen molar-refractivity contribution in [2.75, 3.05) is 43.7 Å². The van der Waals surface area contributed by atoms with Gasteiger partial charge in [0.15, 0.2) is 21.3 Å². The molecular weight excluding hydrogens is 440 g/mol. The largest absolute Gasteiger partial charge is 0.493 e. The predicted molar refractivity (Wildman–Crippen MR) is 129 cm³/mol. The average molecular weight is 473 g/mol. The standard InChI is InChI=1S/C25H32N2O5S/c1-17(2)19-6-8-20(9-7-19)27-22-16-33(29,30)15-21(22)26(14-25(27)28)12-11-18-5-10-23(31-3)24(13-18)32-4/h5-10,13,17,21-22H,11-12,14-16H2,1-4H3. The van der Waals surface area contributed by atoms with Crippen LogP contribution in [0.15, 0.2) is 42.5 Å². The van der Waals surface area contributed by atoms with Gasteiger partial charge in [0, 0.05) is 18.3 Å². The van der Waals surface area contributed by atoms with Crippen molar-refractivity contribution in [3.63, 3.8) is 0 Å². The molecule has 8 heteroatoms. The van der Waals surface area contributed by atoms with Gasteiger partial charge in [-0.1, -0.05) is 32.0 Å². The van der Waals surface area contributed by atoms with Crippen LogP contribution in [-0.2, 0) is 21.1 Å². The maximum Gasteiger partial charge on any atom is 0.241 e. The van der Waals surface area contributed by atoms with Gasteiger partial charge in [-0.3, -0.25) is 9.69 Å². The third-order valence-electron chi connectivity index (χ3n) is 6.67. The Hall–Kier alpha value is -2.58. The van der Waals surface area contributed by atoms with Gasteiger partial charge < -0.3 is 14.4 Å². The van der Waals surface area contributed by atoms with E-state index < -0.39 is 9.84 Å². The highest BCUT2D eigenvalue weighted by Crippen LogP contribution is 2.33. The van der Waals surface area contributed by atoms with E-state index in [-0.39, 0.29) is 36.0 Å². The zero-order valence-electron chi connectivity index (χ0n) is 19.7. The minimum Gasteiger partial charge on any atom is -0.493 e. The van der Waals surface area contributed by atoms with Crippen molar-refractivity contribution in [2.24, 2.45) is 0 Å². The molecule has 2 unspecified atom stereocenters. The van der Waals surface area contributed by atoms with Crippen molar-refractivity contribution in [1.82, 2.24) is 4.90 Å². The number of rotatable bonds is 7. The minimum absolute atomic E-state index is 0.00218. The van der Waals surface area contributed by atoms with Crippen LogP contribution in [0.1, 0.15) is 30.9 Å². The topological polar surface area (TPSA) is 76.2 Å². The SMILES string of the molecule is COc1ccc(CCN2CC(=O)N(c3ccc(C(C)C)cc3)C3CS(=O)(=O)CC32)cc1OC. The molecule has 0 saturated carbocycles. The lowest BCUT2D eigenvalue weighted by molar-refractivity contribution is -0.123. The number of ether oxygens (including phenoxy) is 2. The van der Waals surface area contributed by atoms with Crippen LogP contribution in [0.5, 0.6) is 11.5 Å². The van der Waals surface area contributed by atoms with Gasteiger partial charge in [0.2, 0.25) is 5.91 Å². The van der Waals surface area contributed by atoms with Gasteiger partial charge in [-0.15, -0.1) is 0 Å². The number of carbonyl (C=O) groups is 1. The van der Waals surface area contributed by atoms with Crippen molar-refractivity contribution >= 4 is 21.4 Å². The van der Waals surface area contributed by atoms with Crippen LogP contribution < -0.4 is 14.4 Å². The number of methoxy groups -OCH3 is 2. The Morgan fingerprint density at radius 3 is 2.27 bits per heavy atom. The van der Waals surface area contributed by atoms with Gasteiger partial charge in [-0.2, -0.15) is 0 Å². The summed E-state index contributed by atoms with van der Waals surface area (Å²) in [5.74, 6) is 1.73. The van der Waals surface area contributed by atoms with Crippen molar-refractivity contribution in [1.29, 1.82) is 0 Å². The van der Waals surface area contributed by atoms with Gasteiger partial charge in [0.05, 0.1) is 38.3 Å². The zero-order chi connectivity index (χ0) is 23.8. The number of nitrogens with zero attached hydrogens (tertiary/aromatic N) is 2. The highest BCUT2D eigenvalue weighted by atomic mass is 32.2. The monoisotopic (exact) mass is 472 g/mol. The van der Waals surface area contributed by atoms with Crippen LogP contribution in [0.2, 0.25) is 0 Å². The normalized spacial score (nSPS) is 22.5. The van der Waals surface area contributed by atoms with Crippen LogP contribution in [0.3, 0.4) is 0 Å². The molecule has 2 heterocycles. The molecule has 0 radical (unpaired) electrons. The molecule has 2 aromatic rings. The van der Waals surface area contributed by atoms with E-state index in [0.717, 1.165) is 11.3 Å². The molecule has 0 bridgehead atoms. The molecule has 2 aliphatic heterocycles. The van der Waals surface area contributed by atoms with E-state index in [9.17, 15) is 13.2 Å². The van der Waals surface area contributed by atoms with Crippen LogP contribution in [0.4, 0.5) is 5.69 Å². The fourth-order valence-corrected chi connectivity index (χ4v) is 6.85. The molecule has 0 spiro atoms. The van der Waals surface area contributed by atoms with E-state index in [0.29, 0.717) is 30.4 Å². The second kappa shape index (κ2) is 9.35. The van der Waals surface area contributed by atoms with Crippen LogP contribution >= 0.6 is 0 Å². The Kier molecular flexibility index (Phi) is 6.68. The van der Waals surface area contributed by atoms with Gasteiger partial charge in [-0.05, 0) is 47.7 Å². The number of piperazine rings is 1. The minimum atomic E-state index is -3.22. The molecule has 2 fully saturated rings. The molecule has 2 aliphatic rings. The molecule has 0 aliphatic carbocycles. The molecule has 0 aromatic heterocycles. The van der Waals surface area contributed by atoms with Crippen molar-refractivity contribution in [2.45, 2.75) is 38.3 Å². The second-order valence-electron chi connectivity index (χ2n) is 9.13. The molecular formula is C25H32N2O5S. The first-order valence-corrected chi connectivity index (χ1v) is 13.1. The molecule has 33 heavy (non-hydrogen) atoms. The number of hydrogen-bond acceptors (Lipinski definition) is 6. The van der Waals surface area contributed by atoms with E-state index >= 15 is 0 Å². The highest BCUT2D eigenvalue weighted by molar-refractivity contribution is 7.91. The van der Waals surface area contributed by atoms with E-state index in [1.54, 1.807) is 19.1 Å². The molecule has 0 N–H and O–H groups in total. The van der Waals surface area contributed by atoms with Gasteiger partial charge in [0.25, 0.3) is 0 Å². The molecule has 2 saturated heterocycles. The third-order valence-corrected chi connectivity index (χ3v) is 8.37. The summed E-state index contributed by atoms with van der Waals surface area (Å²) in [5.41, 5.74) is 3.01. The Bertz CT molecular complexity index is 1110. The van der Waals surface area contributed by atoms with Crippen molar-refractivity contribution in [3.8, 4) is 11.5 Å². The Balaban J connectivity index is 1.55. The first kappa shape index (κ1) is 23.6. The number of benzene rings is 2. The number of amides is 1. The Morgan fingerprint density at radius 1 is 0.970 bits per heavy atom. The molecule has 2 atom stereocenters. The van der Waals surface area contributed by atoms with Gasteiger partial charge >= 0.3 is 0 Å². The Morgan fingerprint density at radius 2 is 1.64 bits per heavy atom. The summed E-state index contributed by atoms with van der Waals surface area (Å²) in [4.78, 5) is 17.0. The first-order chi connectivity index (χ1) is 15.7. The van der Waals surface area contributed by atoms with Crippen molar-refractivity contribution < 1.29 is 22.7 Å². The van der Waals surface area contributed by atoms with E-state index in [1.165, 1.54) is 5.56 Å². The lowest BCUT2D eigenvalue weighted by Crippen LogP contribution is -2.62. The zero-order valence-corrected chi connectivity index (χ0v) is 20.5. The summed E-state index contributed by atoms with van der Waals surface area (Å²) in [6.45, 7) is 5.04. The fourth-order valence-electron chi connectivity index (χ4n) is 4.87. The lowest BCUT2D eigenvalue weighted by Gasteiger charge is -2.43. The maximum atomic E-state index is 13.2. The number of sulfone groups is 1. The maximum absolute atomic E-state index is 13.2. The summed E-state index contributed by atoms with van der Waals surface area (Å²) in [7, 11) is -0.0271. The highest BCUT2D eigenvalue weighted by Gasteiger charge is 2.49. The number of anilines is 1. The Labute approximate surface area is 196 Å². The number of carbonyl (C=O) groups excluding carboxylic acids is 1. The van der Waals surface area contributed by atoms with Crippen LogP contribution in [0.25, 0.3) is 0 Å². The van der Waals surface area contributed by atoms with E-state index in [1.807, 2.05) is 47.4 Å². The van der Waals surface area contributed by atoms with Crippen LogP contribution in [-0.4, -0.2) is 70.1 Å². The van der Waals surface area contributed by atoms with Gasteiger partial charge in [-0.25, -0.2) is 8.42 Å². The summed E-state index contributed by atoms with van der Waals surface area (Å²) < 4.78 is 35.9. The van der Waals surface area contributed by atoms with E-state index in [4.69, 9.17) is 9.47 Å². The van der Waals surface area contributed by atoms with Gasteiger partial charge in [0.1, 0.15) is 0 Å². The molecule has 1 amide bonds. The summed E-state index contributed by atoms with van der Waals surface area (Å²) >= 11 is 0. The van der Waals surface area contributed by atoms with E-state index in [2.05, 4.69) is 13.8 Å². The lowest BCUT2D eigenvalue weighted by atomic mass is 9.99. The predicted octanol–water partition coefficient (Wildman–Crippen LogP) is 2.88. The summed E-state index contributed by atoms with van der Waals surface area (Å²) in [5, 5.41) is 0. The molecule has 2 aromatic carbocycles. The second-order valence-corrected chi connectivity index (χ2v) is 11.3. The molecule has 178 valence electrons. The third kappa shape index (κ3) is 4.87. The van der Waals surface area contributed by atoms with Crippen LogP contribution in [0, 0.1) is 0 Å². The number of hydrogen-bond donors (Lipinski definition) is 0. The average Bonchev–Trinajstić information content (AvgIpc) is 3.12. The number of fused-ring (bicyclic) bond motifs is 1. The van der Waals surface area contributed by atoms with Crippen molar-refractivity contribution in [3.05, 3.63) is 53.6 Å². The summed E-state index contributed by atoms with van der Waals surface area (Å²) in [6.07, 6.45) is 0.681. The molecule has 4 rings (SSSR count).